The van der Waals surface area contributed by atoms with Gasteiger partial charge in [0.1, 0.15) is 5.82 Å². The summed E-state index contributed by atoms with van der Waals surface area (Å²) in [6.07, 6.45) is -3.45. The van der Waals surface area contributed by atoms with Gasteiger partial charge in [-0.3, -0.25) is 5.43 Å². The Balaban J connectivity index is 2.10. The summed E-state index contributed by atoms with van der Waals surface area (Å²) in [4.78, 5) is 7.15. The molecule has 5 nitrogen and oxygen atoms in total. The summed E-state index contributed by atoms with van der Waals surface area (Å²) in [5.74, 6) is 7.53. The third-order valence-corrected chi connectivity index (χ3v) is 3.97. The molecular formula is C10H14F3N5S. The molecule has 0 spiro atoms. The molecule has 2 heterocycles. The summed E-state index contributed by atoms with van der Waals surface area (Å²) in [6.45, 7) is 0.603. The minimum Gasteiger partial charge on any atom is -0.370 e. The van der Waals surface area contributed by atoms with Crippen LogP contribution in [0.4, 0.5) is 24.9 Å². The van der Waals surface area contributed by atoms with Crippen molar-refractivity contribution in [2.45, 2.75) is 12.6 Å². The van der Waals surface area contributed by atoms with E-state index in [1.807, 2.05) is 17.2 Å². The standard InChI is InChI=1S/C10H14F3N5S/c11-10(12,13)7-3-8(17-9(16-7)18-14)15-4-6-1-2-19-5-6/h3,6H,1-2,4-5,14H2,(H2,15,16,17,18). The van der Waals surface area contributed by atoms with E-state index in [-0.39, 0.29) is 11.8 Å². The number of nitrogens with zero attached hydrogens (tertiary/aromatic N) is 2. The second-order valence-corrected chi connectivity index (χ2v) is 5.36. The second-order valence-electron chi connectivity index (χ2n) is 4.21. The van der Waals surface area contributed by atoms with E-state index in [2.05, 4.69) is 15.3 Å². The van der Waals surface area contributed by atoms with Crippen LogP contribution in [-0.2, 0) is 6.18 Å². The van der Waals surface area contributed by atoms with Crippen molar-refractivity contribution in [2.75, 3.05) is 28.8 Å². The normalized spacial score (nSPS) is 19.5. The molecule has 9 heteroatoms. The average molecular weight is 293 g/mol. The number of hydrogen-bond acceptors (Lipinski definition) is 6. The fourth-order valence-electron chi connectivity index (χ4n) is 1.74. The Morgan fingerprint density at radius 3 is 2.79 bits per heavy atom. The Labute approximate surface area is 112 Å². The maximum atomic E-state index is 12.6. The van der Waals surface area contributed by atoms with E-state index in [4.69, 9.17) is 5.84 Å². The first-order valence-electron chi connectivity index (χ1n) is 5.73. The first-order valence-corrected chi connectivity index (χ1v) is 6.89. The van der Waals surface area contributed by atoms with Crippen molar-refractivity contribution in [1.82, 2.24) is 9.97 Å². The van der Waals surface area contributed by atoms with Crippen LogP contribution in [0.15, 0.2) is 6.07 Å². The van der Waals surface area contributed by atoms with Gasteiger partial charge in [-0.15, -0.1) is 0 Å². The molecule has 19 heavy (non-hydrogen) atoms. The van der Waals surface area contributed by atoms with Gasteiger partial charge in [-0.25, -0.2) is 10.8 Å². The third kappa shape index (κ3) is 3.87. The lowest BCUT2D eigenvalue weighted by Crippen LogP contribution is -2.19. The van der Waals surface area contributed by atoms with Crippen LogP contribution >= 0.6 is 11.8 Å². The molecule has 0 saturated carbocycles. The highest BCUT2D eigenvalue weighted by Gasteiger charge is 2.33. The van der Waals surface area contributed by atoms with Crippen molar-refractivity contribution in [3.05, 3.63) is 11.8 Å². The minimum absolute atomic E-state index is 0.132. The molecule has 2 rings (SSSR count). The Morgan fingerprint density at radius 2 is 2.21 bits per heavy atom. The van der Waals surface area contributed by atoms with Crippen LogP contribution in [0.1, 0.15) is 12.1 Å². The van der Waals surface area contributed by atoms with E-state index in [9.17, 15) is 13.2 Å². The summed E-state index contributed by atoms with van der Waals surface area (Å²) in [5.41, 5.74) is 1.03. The fraction of sp³-hybridized carbons (Fsp3) is 0.600. The molecule has 106 valence electrons. The topological polar surface area (TPSA) is 75.9 Å². The summed E-state index contributed by atoms with van der Waals surface area (Å²) in [5, 5.41) is 2.91. The molecule has 1 atom stereocenters. The molecule has 1 aliphatic heterocycles. The molecule has 1 aromatic heterocycles. The van der Waals surface area contributed by atoms with Crippen molar-refractivity contribution >= 4 is 23.5 Å². The summed E-state index contributed by atoms with van der Waals surface area (Å²) in [7, 11) is 0. The maximum Gasteiger partial charge on any atom is 0.433 e. The Bertz CT molecular complexity index is 434. The Morgan fingerprint density at radius 1 is 1.42 bits per heavy atom. The van der Waals surface area contributed by atoms with Crippen LogP contribution in [0, 0.1) is 5.92 Å². The van der Waals surface area contributed by atoms with E-state index >= 15 is 0 Å². The van der Waals surface area contributed by atoms with Crippen molar-refractivity contribution in [3.8, 4) is 0 Å². The highest BCUT2D eigenvalue weighted by atomic mass is 32.2. The van der Waals surface area contributed by atoms with E-state index in [0.717, 1.165) is 24.0 Å². The number of aromatic nitrogens is 2. The van der Waals surface area contributed by atoms with Crippen LogP contribution in [0.3, 0.4) is 0 Å². The number of thioether (sulfide) groups is 1. The van der Waals surface area contributed by atoms with E-state index in [1.54, 1.807) is 0 Å². The maximum absolute atomic E-state index is 12.6. The third-order valence-electron chi connectivity index (χ3n) is 2.74. The molecule has 0 aromatic carbocycles. The molecule has 0 amide bonds. The highest BCUT2D eigenvalue weighted by Crippen LogP contribution is 2.30. The second kappa shape index (κ2) is 5.83. The smallest absolute Gasteiger partial charge is 0.370 e. The van der Waals surface area contributed by atoms with Crippen molar-refractivity contribution in [3.63, 3.8) is 0 Å². The van der Waals surface area contributed by atoms with E-state index in [1.165, 1.54) is 0 Å². The lowest BCUT2D eigenvalue weighted by Gasteiger charge is -2.13. The Hall–Kier alpha value is -1.22. The number of hydrogen-bond donors (Lipinski definition) is 3. The van der Waals surface area contributed by atoms with Gasteiger partial charge in [-0.05, 0) is 23.8 Å². The first-order chi connectivity index (χ1) is 8.99. The molecule has 1 saturated heterocycles. The van der Waals surface area contributed by atoms with Gasteiger partial charge in [-0.2, -0.15) is 29.9 Å². The number of anilines is 2. The van der Waals surface area contributed by atoms with Crippen LogP contribution < -0.4 is 16.6 Å². The predicted octanol–water partition coefficient (Wildman–Crippen LogP) is 1.95. The Kier molecular flexibility index (Phi) is 4.35. The number of alkyl halides is 3. The monoisotopic (exact) mass is 293 g/mol. The number of halogens is 3. The van der Waals surface area contributed by atoms with Crippen LogP contribution in [0.5, 0.6) is 0 Å². The largest absolute Gasteiger partial charge is 0.433 e. The van der Waals surface area contributed by atoms with Crippen LogP contribution in [-0.4, -0.2) is 28.0 Å². The summed E-state index contributed by atoms with van der Waals surface area (Å²) < 4.78 is 37.9. The molecule has 1 aliphatic rings. The van der Waals surface area contributed by atoms with Crippen molar-refractivity contribution in [2.24, 2.45) is 11.8 Å². The van der Waals surface area contributed by atoms with Crippen LogP contribution in [0.2, 0.25) is 0 Å². The molecule has 1 unspecified atom stereocenters. The highest BCUT2D eigenvalue weighted by molar-refractivity contribution is 7.99. The van der Waals surface area contributed by atoms with E-state index in [0.29, 0.717) is 12.5 Å². The average Bonchev–Trinajstić information content (AvgIpc) is 2.88. The van der Waals surface area contributed by atoms with Gasteiger partial charge in [-0.1, -0.05) is 0 Å². The summed E-state index contributed by atoms with van der Waals surface area (Å²) >= 11 is 1.85. The summed E-state index contributed by atoms with van der Waals surface area (Å²) in [6, 6.07) is 0.892. The zero-order valence-electron chi connectivity index (χ0n) is 10.00. The number of nitrogens with one attached hydrogen (secondary N) is 2. The minimum atomic E-state index is -4.52. The lowest BCUT2D eigenvalue weighted by atomic mass is 10.1. The number of hydrazine groups is 1. The molecule has 1 fully saturated rings. The van der Waals surface area contributed by atoms with E-state index < -0.39 is 11.9 Å². The van der Waals surface area contributed by atoms with Gasteiger partial charge >= 0.3 is 6.18 Å². The molecule has 0 aliphatic carbocycles. The first kappa shape index (κ1) is 14.2. The zero-order valence-corrected chi connectivity index (χ0v) is 10.8. The molecule has 4 N–H and O–H groups in total. The van der Waals surface area contributed by atoms with Crippen molar-refractivity contribution < 1.29 is 13.2 Å². The molecule has 1 aromatic rings. The molecule has 0 bridgehead atoms. The van der Waals surface area contributed by atoms with Gasteiger partial charge in [0.05, 0.1) is 0 Å². The molecule has 0 radical (unpaired) electrons. The number of nitrogens with two attached hydrogens (primary N) is 1. The SMILES string of the molecule is NNc1nc(NCC2CCSC2)cc(C(F)(F)F)n1. The lowest BCUT2D eigenvalue weighted by molar-refractivity contribution is -0.141. The zero-order chi connectivity index (χ0) is 13.9. The molecular weight excluding hydrogens is 279 g/mol. The van der Waals surface area contributed by atoms with Gasteiger partial charge < -0.3 is 5.32 Å². The number of rotatable bonds is 4. The predicted molar refractivity (Wildman–Crippen MR) is 68.8 cm³/mol. The number of nitrogen functional groups attached to an aromatic ring is 1. The van der Waals surface area contributed by atoms with Crippen molar-refractivity contribution in [1.29, 1.82) is 0 Å². The van der Waals surface area contributed by atoms with Gasteiger partial charge in [0, 0.05) is 12.6 Å². The van der Waals surface area contributed by atoms with Gasteiger partial charge in [0.2, 0.25) is 5.95 Å². The fourth-order valence-corrected chi connectivity index (χ4v) is 3.03. The van der Waals surface area contributed by atoms with Gasteiger partial charge in [0.15, 0.2) is 5.69 Å². The quantitative estimate of drug-likeness (QED) is 0.582. The van der Waals surface area contributed by atoms with Gasteiger partial charge in [0.25, 0.3) is 0 Å². The van der Waals surface area contributed by atoms with Crippen LogP contribution in [0.25, 0.3) is 0 Å².